The molecule has 1 aliphatic heterocycles. The lowest BCUT2D eigenvalue weighted by Gasteiger charge is -2.44. The number of nitrogen functional groups attached to an aromatic ring is 1. The van der Waals surface area contributed by atoms with E-state index in [1.54, 1.807) is 0 Å². The molecule has 66 heavy (non-hydrogen) atoms. The number of fused-ring (bicyclic) bond motifs is 7. The molecule has 0 saturated heterocycles. The van der Waals surface area contributed by atoms with Gasteiger partial charge in [0, 0.05) is 33.0 Å². The summed E-state index contributed by atoms with van der Waals surface area (Å²) in [6.07, 6.45) is 7.13. The minimum absolute atomic E-state index is 0.0131. The van der Waals surface area contributed by atoms with E-state index in [1.165, 1.54) is 68.3 Å². The summed E-state index contributed by atoms with van der Waals surface area (Å²) < 4.78 is 0. The molecule has 0 radical (unpaired) electrons. The molecule has 0 unspecified atom stereocenters. The van der Waals surface area contributed by atoms with Gasteiger partial charge in [0.1, 0.15) is 0 Å². The van der Waals surface area contributed by atoms with Gasteiger partial charge in [0.2, 0.25) is 0 Å². The Bertz CT molecular complexity index is 3150. The maximum absolute atomic E-state index is 7.20. The Balaban J connectivity index is 1.42. The molecule has 0 saturated carbocycles. The minimum atomic E-state index is -0.220. The van der Waals surface area contributed by atoms with Gasteiger partial charge in [-0.15, -0.1) is 12.6 Å². The van der Waals surface area contributed by atoms with Crippen LogP contribution < -0.4 is 10.6 Å². The van der Waals surface area contributed by atoms with Crippen LogP contribution in [0, 0.1) is 6.92 Å². The second-order valence-electron chi connectivity index (χ2n) is 23.5. The standard InChI is InChI=1S/C63H68N2S/c1-38-33-48-50(63(11,12)32-31-61(48,7)8)35-45(38)53-36-46-43(56-42-22-17-16-19-39(42)25-28-52(56)64)23-18-24-44(46)57-55(40-20-14-13-15-21-40)51(59(2,3)4)37-54(58(57)66)65(53)41-26-27-47-49(34-41)62(9,10)30-29-60(47,5)6/h13-28,33-37,66H,29-32,64H2,1-12H3/b53-36-. The second-order valence-corrected chi connectivity index (χ2v) is 24.0. The van der Waals surface area contributed by atoms with Crippen LogP contribution in [0.4, 0.5) is 17.1 Å². The molecule has 0 aromatic heterocycles. The molecule has 0 fully saturated rings. The van der Waals surface area contributed by atoms with Crippen LogP contribution in [0.2, 0.25) is 0 Å². The normalized spacial score (nSPS) is 18.6. The van der Waals surface area contributed by atoms with E-state index in [9.17, 15) is 0 Å². The lowest BCUT2D eigenvalue weighted by atomic mass is 9.62. The third-order valence-corrected chi connectivity index (χ3v) is 16.5. The molecular weight excluding hydrogens is 817 g/mol. The van der Waals surface area contributed by atoms with Gasteiger partial charge in [-0.1, -0.05) is 167 Å². The Morgan fingerprint density at radius 1 is 0.545 bits per heavy atom. The zero-order valence-electron chi connectivity index (χ0n) is 41.4. The molecule has 0 spiro atoms. The van der Waals surface area contributed by atoms with E-state index in [4.69, 9.17) is 18.4 Å². The van der Waals surface area contributed by atoms with E-state index < -0.39 is 0 Å². The van der Waals surface area contributed by atoms with E-state index in [0.29, 0.717) is 0 Å². The van der Waals surface area contributed by atoms with Gasteiger partial charge in [0.05, 0.1) is 11.4 Å². The first kappa shape index (κ1) is 44.3. The highest BCUT2D eigenvalue weighted by molar-refractivity contribution is 7.80. The molecule has 10 rings (SSSR count). The fraction of sp³-hybridized carbons (Fsp3) is 0.333. The fourth-order valence-electron chi connectivity index (χ4n) is 11.9. The van der Waals surface area contributed by atoms with Gasteiger partial charge < -0.3 is 10.6 Å². The zero-order valence-corrected chi connectivity index (χ0v) is 42.3. The molecule has 7 aromatic carbocycles. The van der Waals surface area contributed by atoms with Crippen molar-refractivity contribution in [1.29, 1.82) is 0 Å². The van der Waals surface area contributed by atoms with Crippen LogP contribution in [0.1, 0.15) is 146 Å². The maximum Gasteiger partial charge on any atom is 0.0604 e. The number of hydrogen-bond donors (Lipinski definition) is 2. The van der Waals surface area contributed by atoms with Gasteiger partial charge in [-0.2, -0.15) is 0 Å². The number of hydrogen-bond acceptors (Lipinski definition) is 3. The number of nitrogens with two attached hydrogens (primary N) is 1. The van der Waals surface area contributed by atoms with Crippen molar-refractivity contribution in [3.63, 3.8) is 0 Å². The summed E-state index contributed by atoms with van der Waals surface area (Å²) in [5, 5.41) is 2.31. The number of thiol groups is 1. The van der Waals surface area contributed by atoms with Crippen molar-refractivity contribution >= 4 is 52.2 Å². The lowest BCUT2D eigenvalue weighted by molar-refractivity contribution is 0.331. The van der Waals surface area contributed by atoms with Crippen LogP contribution in [-0.2, 0) is 27.1 Å². The van der Waals surface area contributed by atoms with Crippen molar-refractivity contribution in [1.82, 2.24) is 0 Å². The Kier molecular flexibility index (Phi) is 10.2. The second kappa shape index (κ2) is 15.3. The smallest absolute Gasteiger partial charge is 0.0604 e. The molecule has 2 bridgehead atoms. The van der Waals surface area contributed by atoms with Crippen LogP contribution in [-0.4, -0.2) is 0 Å². The molecule has 0 atom stereocenters. The minimum Gasteiger partial charge on any atom is -0.398 e. The Morgan fingerprint density at radius 3 is 1.77 bits per heavy atom. The molecule has 2 N–H and O–H groups in total. The van der Waals surface area contributed by atoms with Gasteiger partial charge in [0.15, 0.2) is 0 Å². The van der Waals surface area contributed by atoms with Gasteiger partial charge >= 0.3 is 0 Å². The summed E-state index contributed by atoms with van der Waals surface area (Å²) in [5.74, 6) is 0. The van der Waals surface area contributed by atoms with Crippen molar-refractivity contribution in [3.8, 4) is 33.4 Å². The quantitative estimate of drug-likeness (QED) is 0.136. The molecule has 2 aliphatic carbocycles. The number of aryl methyl sites for hydroxylation is 1. The first-order chi connectivity index (χ1) is 31.1. The van der Waals surface area contributed by atoms with Gasteiger partial charge in [0.25, 0.3) is 0 Å². The molecule has 7 aromatic rings. The predicted molar refractivity (Wildman–Crippen MR) is 289 cm³/mol. The van der Waals surface area contributed by atoms with E-state index in [2.05, 4.69) is 215 Å². The molecule has 3 heteroatoms. The zero-order chi connectivity index (χ0) is 46.9. The Labute approximate surface area is 400 Å². The van der Waals surface area contributed by atoms with Crippen LogP contribution in [0.15, 0.2) is 126 Å². The maximum atomic E-state index is 7.20. The summed E-state index contributed by atoms with van der Waals surface area (Å²) in [7, 11) is 0. The van der Waals surface area contributed by atoms with Crippen LogP contribution in [0.3, 0.4) is 0 Å². The summed E-state index contributed by atoms with van der Waals surface area (Å²) in [6.45, 7) is 28.9. The summed E-state index contributed by atoms with van der Waals surface area (Å²) in [6, 6.07) is 45.8. The summed E-state index contributed by atoms with van der Waals surface area (Å²) >= 11 is 5.83. The Hall–Kier alpha value is -5.51. The number of nitrogens with zero attached hydrogens (tertiary/aromatic N) is 1. The average Bonchev–Trinajstić information content (AvgIpc) is 3.27. The molecular formula is C63H68N2S. The van der Waals surface area contributed by atoms with Gasteiger partial charge in [-0.3, -0.25) is 0 Å². The molecule has 1 heterocycles. The van der Waals surface area contributed by atoms with Crippen LogP contribution >= 0.6 is 12.6 Å². The highest BCUT2D eigenvalue weighted by Gasteiger charge is 2.41. The highest BCUT2D eigenvalue weighted by Crippen LogP contribution is 2.57. The van der Waals surface area contributed by atoms with E-state index in [1.807, 2.05) is 0 Å². The third kappa shape index (κ3) is 7.06. The largest absolute Gasteiger partial charge is 0.398 e. The monoisotopic (exact) mass is 885 g/mol. The van der Waals surface area contributed by atoms with Crippen LogP contribution in [0.25, 0.3) is 55.9 Å². The molecule has 3 aliphatic rings. The van der Waals surface area contributed by atoms with E-state index in [0.717, 1.165) is 73.7 Å². The number of rotatable bonds is 4. The first-order valence-electron chi connectivity index (χ1n) is 24.3. The van der Waals surface area contributed by atoms with Crippen molar-refractivity contribution in [2.45, 2.75) is 141 Å². The Morgan fingerprint density at radius 2 is 1.12 bits per heavy atom. The highest BCUT2D eigenvalue weighted by atomic mass is 32.1. The fourth-order valence-corrected chi connectivity index (χ4v) is 12.3. The summed E-state index contributed by atoms with van der Waals surface area (Å²) in [4.78, 5) is 3.56. The van der Waals surface area contributed by atoms with Crippen molar-refractivity contribution in [3.05, 3.63) is 166 Å². The van der Waals surface area contributed by atoms with Gasteiger partial charge in [-0.05, 0) is 168 Å². The van der Waals surface area contributed by atoms with Crippen molar-refractivity contribution in [2.24, 2.45) is 0 Å². The van der Waals surface area contributed by atoms with E-state index in [-0.39, 0.29) is 27.1 Å². The molecule has 336 valence electrons. The first-order valence-corrected chi connectivity index (χ1v) is 24.7. The SMILES string of the molecule is Cc1cc2c(cc1/C1=C/c3c(cccc3-c3c(N)ccc4ccccc34)-c3c(S)c(cc(C(C)(C)C)c3-c3ccccc3)N1c1ccc3c(c1)C(C)(C)CCC3(C)C)C(C)(C)CCC2(C)C. The van der Waals surface area contributed by atoms with Gasteiger partial charge in [-0.25, -0.2) is 0 Å². The van der Waals surface area contributed by atoms with Crippen molar-refractivity contribution in [2.75, 3.05) is 10.6 Å². The molecule has 2 nitrogen and oxygen atoms in total. The van der Waals surface area contributed by atoms with E-state index >= 15 is 0 Å². The van der Waals surface area contributed by atoms with Crippen molar-refractivity contribution < 1.29 is 0 Å². The third-order valence-electron chi connectivity index (χ3n) is 16.1. The average molecular weight is 885 g/mol. The topological polar surface area (TPSA) is 29.3 Å². The predicted octanol–water partition coefficient (Wildman–Crippen LogP) is 17.7. The van der Waals surface area contributed by atoms with Crippen LogP contribution in [0.5, 0.6) is 0 Å². The molecule has 0 amide bonds. The summed E-state index contributed by atoms with van der Waals surface area (Å²) in [5.41, 5.74) is 28.9. The lowest BCUT2D eigenvalue weighted by Crippen LogP contribution is -2.34. The number of anilines is 3. The number of benzene rings is 7.